The molecule has 1 aliphatic rings. The Bertz CT molecular complexity index is 1830. The number of hydrogen-bond donors (Lipinski definition) is 0. The van der Waals surface area contributed by atoms with E-state index in [-0.39, 0.29) is 5.92 Å². The second kappa shape index (κ2) is 8.98. The minimum atomic E-state index is -0.301. The van der Waals surface area contributed by atoms with Crippen molar-refractivity contribution in [3.8, 4) is 40.3 Å². The van der Waals surface area contributed by atoms with E-state index in [0.717, 1.165) is 33.6 Å². The van der Waals surface area contributed by atoms with Gasteiger partial charge in [-0.3, -0.25) is 0 Å². The Morgan fingerprint density at radius 2 is 1.56 bits per heavy atom. The first-order valence-corrected chi connectivity index (χ1v) is 12.5. The van der Waals surface area contributed by atoms with E-state index in [1.165, 1.54) is 0 Å². The van der Waals surface area contributed by atoms with Gasteiger partial charge in [0.05, 0.1) is 42.6 Å². The van der Waals surface area contributed by atoms with Crippen LogP contribution in [0.25, 0.3) is 22.7 Å². The molecule has 39 heavy (non-hydrogen) atoms. The molecule has 0 fully saturated rings. The molecule has 7 rings (SSSR count). The maximum atomic E-state index is 6.51. The van der Waals surface area contributed by atoms with Crippen molar-refractivity contribution < 1.29 is 14.2 Å². The number of hydrogen-bond acceptors (Lipinski definition) is 7. The molecule has 0 amide bonds. The molecule has 0 spiro atoms. The quantitative estimate of drug-likeness (QED) is 0.295. The highest BCUT2D eigenvalue weighted by molar-refractivity contribution is 5.69. The Labute approximate surface area is 224 Å². The molecule has 0 bridgehead atoms. The maximum absolute atomic E-state index is 6.51. The van der Waals surface area contributed by atoms with Crippen LogP contribution in [0.5, 0.6) is 23.3 Å². The van der Waals surface area contributed by atoms with Crippen molar-refractivity contribution in [2.24, 2.45) is 0 Å². The third-order valence-corrected chi connectivity index (χ3v) is 6.99. The number of nitrogens with zero attached hydrogens (tertiary/aromatic N) is 6. The average molecular weight is 517 g/mol. The van der Waals surface area contributed by atoms with Crippen LogP contribution in [-0.4, -0.2) is 43.6 Å². The van der Waals surface area contributed by atoms with Crippen LogP contribution in [0, 0.1) is 6.92 Å². The van der Waals surface area contributed by atoms with Gasteiger partial charge in [0.25, 0.3) is 0 Å². The molecular weight excluding hydrogens is 492 g/mol. The van der Waals surface area contributed by atoms with Gasteiger partial charge in [-0.25, -0.2) is 19.2 Å². The van der Waals surface area contributed by atoms with Crippen molar-refractivity contribution in [2.75, 3.05) is 14.2 Å². The number of rotatable bonds is 5. The summed E-state index contributed by atoms with van der Waals surface area (Å²) in [6.07, 6.45) is 1.64. The van der Waals surface area contributed by atoms with Crippen LogP contribution in [-0.2, 0) is 0 Å². The zero-order valence-electron chi connectivity index (χ0n) is 21.6. The van der Waals surface area contributed by atoms with E-state index in [0.29, 0.717) is 34.7 Å². The summed E-state index contributed by atoms with van der Waals surface area (Å²) in [5.74, 6) is 2.66. The van der Waals surface area contributed by atoms with Gasteiger partial charge in [-0.05, 0) is 36.8 Å². The van der Waals surface area contributed by atoms with Crippen LogP contribution in [0.3, 0.4) is 0 Å². The standard InChI is InChI=1S/C30H24N6O3/c1-18-24-25(20-14-15-22(37-2)23(16-20)38-3)26-28-32-27(19-10-6-4-7-11-19)34-35(28)17-31-29(26)39-30(24)36(33-18)21-12-8-5-9-13-21/h4-17,25H,1-3H3/t25-/m1/s1. The smallest absolute Gasteiger partial charge is 0.230 e. The summed E-state index contributed by atoms with van der Waals surface area (Å²) in [6, 6.07) is 25.7. The Hall–Kier alpha value is -5.18. The molecule has 9 nitrogen and oxygen atoms in total. The average Bonchev–Trinajstić information content (AvgIpc) is 3.58. The number of para-hydroxylation sites is 1. The molecule has 0 unspecified atom stereocenters. The van der Waals surface area contributed by atoms with E-state index < -0.39 is 0 Å². The van der Waals surface area contributed by atoms with Crippen LogP contribution < -0.4 is 14.2 Å². The van der Waals surface area contributed by atoms with Crippen molar-refractivity contribution >= 4 is 5.65 Å². The first kappa shape index (κ1) is 23.0. The monoisotopic (exact) mass is 516 g/mol. The van der Waals surface area contributed by atoms with Crippen LogP contribution in [0.2, 0.25) is 0 Å². The van der Waals surface area contributed by atoms with Crippen LogP contribution in [0.4, 0.5) is 0 Å². The van der Waals surface area contributed by atoms with Gasteiger partial charge >= 0.3 is 0 Å². The van der Waals surface area contributed by atoms with Crippen molar-refractivity contribution in [1.29, 1.82) is 0 Å². The number of benzene rings is 3. The molecule has 192 valence electrons. The van der Waals surface area contributed by atoms with Crippen molar-refractivity contribution in [3.63, 3.8) is 0 Å². The third-order valence-electron chi connectivity index (χ3n) is 6.99. The molecule has 0 saturated carbocycles. The van der Waals surface area contributed by atoms with Gasteiger partial charge in [-0.1, -0.05) is 54.6 Å². The van der Waals surface area contributed by atoms with Gasteiger partial charge in [0.2, 0.25) is 11.8 Å². The molecule has 0 radical (unpaired) electrons. The van der Waals surface area contributed by atoms with E-state index >= 15 is 0 Å². The van der Waals surface area contributed by atoms with Crippen LogP contribution in [0.15, 0.2) is 85.2 Å². The van der Waals surface area contributed by atoms with Crippen molar-refractivity contribution in [3.05, 3.63) is 108 Å². The van der Waals surface area contributed by atoms with E-state index in [2.05, 4.69) is 0 Å². The number of aryl methyl sites for hydroxylation is 1. The Morgan fingerprint density at radius 1 is 0.821 bits per heavy atom. The molecule has 0 N–H and O–H groups in total. The van der Waals surface area contributed by atoms with Gasteiger partial charge in [-0.2, -0.15) is 5.10 Å². The SMILES string of the molecule is COc1ccc([C@@H]2c3c(C)nn(-c4ccccc4)c3Oc3ncn4nc(-c5ccccc5)nc4c32)cc1OC. The third kappa shape index (κ3) is 3.62. The Balaban J connectivity index is 1.50. The predicted octanol–water partition coefficient (Wildman–Crippen LogP) is 5.59. The summed E-state index contributed by atoms with van der Waals surface area (Å²) >= 11 is 0. The van der Waals surface area contributed by atoms with Crippen LogP contribution in [0.1, 0.15) is 28.3 Å². The summed E-state index contributed by atoms with van der Waals surface area (Å²) < 4.78 is 21.2. The fourth-order valence-corrected chi connectivity index (χ4v) is 5.20. The topological polar surface area (TPSA) is 88.6 Å². The first-order valence-electron chi connectivity index (χ1n) is 12.5. The number of aromatic nitrogens is 6. The maximum Gasteiger partial charge on any atom is 0.230 e. The Kier molecular flexibility index (Phi) is 5.29. The molecular formula is C30H24N6O3. The molecule has 4 heterocycles. The lowest BCUT2D eigenvalue weighted by Crippen LogP contribution is -2.16. The zero-order valence-corrected chi connectivity index (χ0v) is 21.6. The van der Waals surface area contributed by atoms with Crippen molar-refractivity contribution in [1.82, 2.24) is 29.4 Å². The normalized spacial score (nSPS) is 14.0. The number of fused-ring (bicyclic) bond motifs is 4. The summed E-state index contributed by atoms with van der Waals surface area (Å²) in [7, 11) is 3.26. The summed E-state index contributed by atoms with van der Waals surface area (Å²) in [6.45, 7) is 1.99. The van der Waals surface area contributed by atoms with Gasteiger partial charge in [0, 0.05) is 5.56 Å². The molecule has 3 aromatic heterocycles. The fraction of sp³-hybridized carbons (Fsp3) is 0.133. The number of ether oxygens (including phenoxy) is 3. The van der Waals surface area contributed by atoms with E-state index in [4.69, 9.17) is 34.4 Å². The van der Waals surface area contributed by atoms with Gasteiger partial charge in [0.1, 0.15) is 6.33 Å². The molecule has 1 aliphatic heterocycles. The van der Waals surface area contributed by atoms with Gasteiger partial charge in [-0.15, -0.1) is 5.10 Å². The summed E-state index contributed by atoms with van der Waals surface area (Å²) in [5.41, 5.74) is 6.02. The Morgan fingerprint density at radius 3 is 2.31 bits per heavy atom. The van der Waals surface area contributed by atoms with Crippen LogP contribution >= 0.6 is 0 Å². The highest BCUT2D eigenvalue weighted by Gasteiger charge is 2.38. The van der Waals surface area contributed by atoms with Gasteiger partial charge in [0.15, 0.2) is 23.0 Å². The van der Waals surface area contributed by atoms with E-state index in [1.807, 2.05) is 90.5 Å². The molecule has 6 aromatic rings. The van der Waals surface area contributed by atoms with Gasteiger partial charge < -0.3 is 14.2 Å². The van der Waals surface area contributed by atoms with E-state index in [1.54, 1.807) is 25.1 Å². The predicted molar refractivity (Wildman–Crippen MR) is 145 cm³/mol. The zero-order chi connectivity index (χ0) is 26.5. The largest absolute Gasteiger partial charge is 0.493 e. The minimum absolute atomic E-state index is 0.301. The van der Waals surface area contributed by atoms with Crippen molar-refractivity contribution in [2.45, 2.75) is 12.8 Å². The lowest BCUT2D eigenvalue weighted by Gasteiger charge is -2.26. The number of methoxy groups -OCH3 is 2. The highest BCUT2D eigenvalue weighted by atomic mass is 16.5. The molecule has 0 saturated heterocycles. The second-order valence-electron chi connectivity index (χ2n) is 9.23. The lowest BCUT2D eigenvalue weighted by atomic mass is 9.84. The first-order chi connectivity index (χ1) is 19.2. The minimum Gasteiger partial charge on any atom is -0.493 e. The molecule has 9 heteroatoms. The van der Waals surface area contributed by atoms with E-state index in [9.17, 15) is 0 Å². The second-order valence-corrected chi connectivity index (χ2v) is 9.23. The fourth-order valence-electron chi connectivity index (χ4n) is 5.20. The molecule has 0 aliphatic carbocycles. The molecule has 1 atom stereocenters. The molecule has 3 aromatic carbocycles. The lowest BCUT2D eigenvalue weighted by molar-refractivity contribution is 0.354. The summed E-state index contributed by atoms with van der Waals surface area (Å²) in [5, 5.41) is 9.63. The summed E-state index contributed by atoms with van der Waals surface area (Å²) in [4.78, 5) is 9.66. The highest BCUT2D eigenvalue weighted by Crippen LogP contribution is 2.50.